The molecule has 0 aromatic carbocycles. The van der Waals surface area contributed by atoms with Gasteiger partial charge in [0, 0.05) is 23.3 Å². The third-order valence-electron chi connectivity index (χ3n) is 1.55. The number of aliphatic imine (C=N–C) groups is 1. The van der Waals surface area contributed by atoms with Gasteiger partial charge in [-0.3, -0.25) is 0 Å². The van der Waals surface area contributed by atoms with Gasteiger partial charge in [0.25, 0.3) is 9.05 Å². The summed E-state index contributed by atoms with van der Waals surface area (Å²) in [5.41, 5.74) is 0.432. The normalized spacial score (nSPS) is 20.5. The van der Waals surface area contributed by atoms with Crippen LogP contribution in [0.15, 0.2) is 31.5 Å². The first-order valence-electron chi connectivity index (χ1n) is 3.27. The van der Waals surface area contributed by atoms with E-state index >= 15 is 0 Å². The van der Waals surface area contributed by atoms with E-state index in [1.165, 1.54) is 6.20 Å². The largest absolute Gasteiger partial charge is 0.259 e. The molecule has 2 aliphatic heterocycles. The molecule has 0 fully saturated rings. The lowest BCUT2D eigenvalue weighted by atomic mass is 10.2. The molecule has 2 rings (SSSR count). The molecule has 8 heteroatoms. The molecular weight excluding hydrogens is 216 g/mol. The molecule has 2 aliphatic rings. The van der Waals surface area contributed by atoms with Gasteiger partial charge < -0.3 is 0 Å². The topological polar surface area (TPSA) is 83.6 Å². The summed E-state index contributed by atoms with van der Waals surface area (Å²) in [7, 11) is 1.42. The summed E-state index contributed by atoms with van der Waals surface area (Å²) < 4.78 is 21.8. The fourth-order valence-electron chi connectivity index (χ4n) is 0.929. The zero-order valence-electron chi connectivity index (χ0n) is 6.18. The Balaban J connectivity index is 2.42. The van der Waals surface area contributed by atoms with Crippen LogP contribution >= 0.6 is 10.7 Å². The molecule has 0 radical (unpaired) electrons. The summed E-state index contributed by atoms with van der Waals surface area (Å²) in [6, 6.07) is 0. The van der Waals surface area contributed by atoms with E-state index in [0.29, 0.717) is 11.5 Å². The molecule has 68 valence electrons. The lowest BCUT2D eigenvalue weighted by Gasteiger charge is -2.05. The molecule has 0 aliphatic carbocycles. The third-order valence-corrected chi connectivity index (χ3v) is 3.02. The Bertz CT molecular complexity index is 473. The van der Waals surface area contributed by atoms with Crippen molar-refractivity contribution >= 4 is 31.3 Å². The maximum atomic E-state index is 10.9. The van der Waals surface area contributed by atoms with Crippen LogP contribution in [-0.4, -0.2) is 20.0 Å². The van der Waals surface area contributed by atoms with E-state index in [9.17, 15) is 8.42 Å². The molecule has 0 saturated heterocycles. The van der Waals surface area contributed by atoms with Crippen molar-refractivity contribution in [1.82, 2.24) is 0 Å². The van der Waals surface area contributed by atoms with Gasteiger partial charge in [-0.25, -0.2) is 13.4 Å². The van der Waals surface area contributed by atoms with Crippen molar-refractivity contribution in [3.8, 4) is 0 Å². The smallest absolute Gasteiger partial charge is 0.233 e. The van der Waals surface area contributed by atoms with Gasteiger partial charge in [-0.15, -0.1) is 10.2 Å². The maximum absolute atomic E-state index is 10.9. The molecule has 0 saturated carbocycles. The van der Waals surface area contributed by atoms with E-state index in [1.54, 1.807) is 0 Å². The van der Waals surface area contributed by atoms with Crippen molar-refractivity contribution in [2.75, 3.05) is 0 Å². The molecule has 0 aromatic rings. The van der Waals surface area contributed by atoms with Crippen molar-refractivity contribution in [3.63, 3.8) is 0 Å². The summed E-state index contributed by atoms with van der Waals surface area (Å²) in [6.45, 7) is 0. The summed E-state index contributed by atoms with van der Waals surface area (Å²) in [5, 5.41) is 10.5. The second-order valence-electron chi connectivity index (χ2n) is 2.40. The summed E-state index contributed by atoms with van der Waals surface area (Å²) in [5.74, 6) is 0.351. The molecule has 0 unspecified atom stereocenters. The van der Waals surface area contributed by atoms with Crippen LogP contribution in [0.25, 0.3) is 0 Å². The average molecular weight is 219 g/mol. The standard InChI is InChI=1S/C5H3ClN4O2S/c6-13(11,12)3-1-4-5(7-2-3)9-10-8-4/h2H,1H2. The Morgan fingerprint density at radius 1 is 1.46 bits per heavy atom. The lowest BCUT2D eigenvalue weighted by molar-refractivity contribution is 0.614. The van der Waals surface area contributed by atoms with Gasteiger partial charge in [-0.2, -0.15) is 0 Å². The van der Waals surface area contributed by atoms with Crippen molar-refractivity contribution in [2.45, 2.75) is 6.42 Å². The number of hydrogen-bond donors (Lipinski definition) is 0. The molecule has 0 bridgehead atoms. The average Bonchev–Trinajstić information content (AvgIpc) is 2.47. The van der Waals surface area contributed by atoms with Crippen LogP contribution in [-0.2, 0) is 9.05 Å². The van der Waals surface area contributed by atoms with E-state index in [2.05, 4.69) is 20.4 Å². The summed E-state index contributed by atoms with van der Waals surface area (Å²) >= 11 is 0. The number of allylic oxidation sites excluding steroid dienone is 1. The van der Waals surface area contributed by atoms with Crippen molar-refractivity contribution < 1.29 is 8.42 Å². The van der Waals surface area contributed by atoms with Gasteiger partial charge in [-0.05, 0) is 5.22 Å². The molecule has 0 amide bonds. The van der Waals surface area contributed by atoms with Crippen molar-refractivity contribution in [2.24, 2.45) is 20.4 Å². The second-order valence-corrected chi connectivity index (χ2v) is 5.02. The van der Waals surface area contributed by atoms with Crippen LogP contribution in [0.2, 0.25) is 0 Å². The quantitative estimate of drug-likeness (QED) is 0.616. The molecule has 0 aromatic heterocycles. The SMILES string of the molecule is O=S(=O)(Cl)C1=CN=C2N=NN=C2C1. The van der Waals surface area contributed by atoms with Crippen LogP contribution in [0.3, 0.4) is 0 Å². The predicted octanol–water partition coefficient (Wildman–Crippen LogP) is 1.02. The highest BCUT2D eigenvalue weighted by atomic mass is 35.7. The van der Waals surface area contributed by atoms with E-state index in [-0.39, 0.29) is 11.3 Å². The van der Waals surface area contributed by atoms with E-state index in [0.717, 1.165) is 0 Å². The number of hydrogen-bond acceptors (Lipinski definition) is 6. The molecule has 0 N–H and O–H groups in total. The number of halogens is 1. The first-order chi connectivity index (χ1) is 6.07. The highest BCUT2D eigenvalue weighted by molar-refractivity contribution is 8.16. The fourth-order valence-corrected chi connectivity index (χ4v) is 1.70. The Kier molecular flexibility index (Phi) is 1.77. The molecular formula is C5H3ClN4O2S. The molecule has 0 atom stereocenters. The zero-order valence-corrected chi connectivity index (χ0v) is 7.75. The maximum Gasteiger partial charge on any atom is 0.259 e. The van der Waals surface area contributed by atoms with E-state index < -0.39 is 9.05 Å². The Morgan fingerprint density at radius 2 is 2.23 bits per heavy atom. The summed E-state index contributed by atoms with van der Waals surface area (Å²) in [4.78, 5) is 3.76. The van der Waals surface area contributed by atoms with Crippen LogP contribution in [0.5, 0.6) is 0 Å². The van der Waals surface area contributed by atoms with Crippen LogP contribution in [0.1, 0.15) is 6.42 Å². The lowest BCUT2D eigenvalue weighted by Crippen LogP contribution is -2.15. The molecule has 0 spiro atoms. The zero-order chi connectivity index (χ0) is 9.47. The first kappa shape index (κ1) is 8.52. The third kappa shape index (κ3) is 1.52. The first-order valence-corrected chi connectivity index (χ1v) is 5.58. The fraction of sp³-hybridized carbons (Fsp3) is 0.200. The monoisotopic (exact) mass is 218 g/mol. The van der Waals surface area contributed by atoms with Gasteiger partial charge in [0.15, 0.2) is 5.84 Å². The second kappa shape index (κ2) is 2.71. The van der Waals surface area contributed by atoms with Crippen molar-refractivity contribution in [3.05, 3.63) is 11.1 Å². The number of nitrogens with zero attached hydrogens (tertiary/aromatic N) is 4. The van der Waals surface area contributed by atoms with Gasteiger partial charge >= 0.3 is 0 Å². The van der Waals surface area contributed by atoms with Crippen LogP contribution in [0, 0.1) is 0 Å². The highest BCUT2D eigenvalue weighted by Crippen LogP contribution is 2.22. The Hall–Kier alpha value is -1.08. The minimum absolute atomic E-state index is 0.0176. The van der Waals surface area contributed by atoms with E-state index in [4.69, 9.17) is 10.7 Å². The molecule has 2 heterocycles. The minimum Gasteiger partial charge on any atom is -0.233 e. The number of rotatable bonds is 1. The Morgan fingerprint density at radius 3 is 2.92 bits per heavy atom. The van der Waals surface area contributed by atoms with Gasteiger partial charge in [0.1, 0.15) is 5.71 Å². The molecule has 13 heavy (non-hydrogen) atoms. The predicted molar refractivity (Wildman–Crippen MR) is 47.2 cm³/mol. The summed E-state index contributed by atoms with van der Waals surface area (Å²) in [6.07, 6.45) is 1.28. The number of amidine groups is 1. The van der Waals surface area contributed by atoms with Gasteiger partial charge in [0.05, 0.1) is 4.91 Å². The Labute approximate surface area is 78.1 Å². The number of fused-ring (bicyclic) bond motifs is 1. The highest BCUT2D eigenvalue weighted by Gasteiger charge is 2.25. The molecule has 6 nitrogen and oxygen atoms in total. The van der Waals surface area contributed by atoms with Crippen molar-refractivity contribution in [1.29, 1.82) is 0 Å². The van der Waals surface area contributed by atoms with Crippen LogP contribution in [0.4, 0.5) is 0 Å². The van der Waals surface area contributed by atoms with E-state index in [1.807, 2.05) is 0 Å². The van der Waals surface area contributed by atoms with Crippen LogP contribution < -0.4 is 0 Å². The van der Waals surface area contributed by atoms with Gasteiger partial charge in [-0.1, -0.05) is 0 Å². The van der Waals surface area contributed by atoms with Gasteiger partial charge in [0.2, 0.25) is 0 Å². The minimum atomic E-state index is -3.70.